The molecule has 8 nitrogen and oxygen atoms in total. The highest BCUT2D eigenvalue weighted by atomic mass is 35.5. The lowest BCUT2D eigenvalue weighted by Crippen LogP contribution is -2.30. The second-order valence-electron chi connectivity index (χ2n) is 7.25. The molecule has 33 heavy (non-hydrogen) atoms. The predicted molar refractivity (Wildman–Crippen MR) is 130 cm³/mol. The number of hydrogen-bond donors (Lipinski definition) is 2. The highest BCUT2D eigenvalue weighted by Gasteiger charge is 2.20. The van der Waals surface area contributed by atoms with Gasteiger partial charge >= 0.3 is 0 Å². The van der Waals surface area contributed by atoms with Crippen LogP contribution in [0.1, 0.15) is 31.3 Å². The highest BCUT2D eigenvalue weighted by Crippen LogP contribution is 2.22. The summed E-state index contributed by atoms with van der Waals surface area (Å²) in [5, 5.41) is 15.4. The number of rotatable bonds is 10. The summed E-state index contributed by atoms with van der Waals surface area (Å²) in [5.74, 6) is 1.26. The molecule has 0 unspecified atom stereocenters. The molecule has 0 aliphatic carbocycles. The zero-order valence-electron chi connectivity index (χ0n) is 18.7. The van der Waals surface area contributed by atoms with Gasteiger partial charge in [0, 0.05) is 17.3 Å². The van der Waals surface area contributed by atoms with Crippen LogP contribution in [0.2, 0.25) is 5.02 Å². The second-order valence-corrected chi connectivity index (χ2v) is 8.63. The van der Waals surface area contributed by atoms with E-state index in [1.165, 1.54) is 11.8 Å². The minimum Gasteiger partial charge on any atom is -0.497 e. The van der Waals surface area contributed by atoms with Crippen LogP contribution in [0.4, 0.5) is 5.69 Å². The number of nitrogens with one attached hydrogen (secondary N) is 2. The molecular formula is C23H26ClN5O3S. The Morgan fingerprint density at radius 1 is 1.15 bits per heavy atom. The highest BCUT2D eigenvalue weighted by molar-refractivity contribution is 7.99. The van der Waals surface area contributed by atoms with Crippen LogP contribution >= 0.6 is 23.4 Å². The van der Waals surface area contributed by atoms with E-state index in [4.69, 9.17) is 16.3 Å². The summed E-state index contributed by atoms with van der Waals surface area (Å²) in [7, 11) is 1.60. The van der Waals surface area contributed by atoms with E-state index in [0.717, 1.165) is 11.3 Å². The van der Waals surface area contributed by atoms with E-state index in [-0.39, 0.29) is 30.0 Å². The summed E-state index contributed by atoms with van der Waals surface area (Å²) in [6.45, 7) is 4.44. The van der Waals surface area contributed by atoms with Gasteiger partial charge in [-0.25, -0.2) is 0 Å². The number of anilines is 1. The molecule has 0 aliphatic heterocycles. The fourth-order valence-electron chi connectivity index (χ4n) is 3.20. The van der Waals surface area contributed by atoms with Crippen molar-refractivity contribution in [2.75, 3.05) is 18.2 Å². The first-order valence-corrected chi connectivity index (χ1v) is 11.8. The zero-order chi connectivity index (χ0) is 23.8. The van der Waals surface area contributed by atoms with Gasteiger partial charge in [-0.2, -0.15) is 0 Å². The van der Waals surface area contributed by atoms with Crippen molar-refractivity contribution in [3.05, 3.63) is 64.9 Å². The number of amides is 2. The Balaban J connectivity index is 1.56. The fourth-order valence-corrected chi connectivity index (χ4v) is 4.20. The molecule has 2 N–H and O–H groups in total. The molecule has 0 saturated heterocycles. The molecular weight excluding hydrogens is 462 g/mol. The van der Waals surface area contributed by atoms with Crippen molar-refractivity contribution in [1.82, 2.24) is 20.1 Å². The van der Waals surface area contributed by atoms with Crippen molar-refractivity contribution < 1.29 is 14.3 Å². The summed E-state index contributed by atoms with van der Waals surface area (Å²) in [6, 6.07) is 14.0. The van der Waals surface area contributed by atoms with Crippen LogP contribution in [0.5, 0.6) is 5.75 Å². The van der Waals surface area contributed by atoms with Gasteiger partial charge in [-0.1, -0.05) is 41.6 Å². The number of benzene rings is 2. The molecule has 0 saturated carbocycles. The quantitative estimate of drug-likeness (QED) is 0.417. The van der Waals surface area contributed by atoms with Gasteiger partial charge in [0.25, 0.3) is 0 Å². The maximum atomic E-state index is 12.5. The number of aromatic nitrogens is 3. The maximum absolute atomic E-state index is 12.5. The third-order valence-corrected chi connectivity index (χ3v) is 5.99. The number of methoxy groups -OCH3 is 1. The van der Waals surface area contributed by atoms with Crippen LogP contribution in [-0.2, 0) is 22.6 Å². The molecule has 1 atom stereocenters. The number of ether oxygens (including phenoxy) is 1. The Hall–Kier alpha value is -3.04. The molecule has 3 rings (SSSR count). The SMILES string of the molecule is CCn1c(SCC(=O)Nc2cccc(Cl)c2)nnc1[C@H](C)NC(=O)Cc1ccc(OC)cc1. The molecule has 3 aromatic rings. The van der Waals surface area contributed by atoms with Crippen molar-refractivity contribution in [3.8, 4) is 5.75 Å². The molecule has 0 spiro atoms. The molecule has 2 amide bonds. The largest absolute Gasteiger partial charge is 0.497 e. The van der Waals surface area contributed by atoms with E-state index >= 15 is 0 Å². The lowest BCUT2D eigenvalue weighted by atomic mass is 10.1. The van der Waals surface area contributed by atoms with Gasteiger partial charge in [-0.3, -0.25) is 9.59 Å². The van der Waals surface area contributed by atoms with Crippen LogP contribution < -0.4 is 15.4 Å². The van der Waals surface area contributed by atoms with E-state index in [9.17, 15) is 9.59 Å². The molecule has 0 fully saturated rings. The normalized spacial score (nSPS) is 11.6. The minimum atomic E-state index is -0.335. The van der Waals surface area contributed by atoms with Crippen LogP contribution in [-0.4, -0.2) is 39.4 Å². The minimum absolute atomic E-state index is 0.117. The second kappa shape index (κ2) is 11.7. The summed E-state index contributed by atoms with van der Waals surface area (Å²) in [4.78, 5) is 24.8. The first-order valence-electron chi connectivity index (χ1n) is 10.4. The Morgan fingerprint density at radius 3 is 2.58 bits per heavy atom. The Labute approximate surface area is 202 Å². The van der Waals surface area contributed by atoms with Gasteiger partial charge < -0.3 is 19.9 Å². The van der Waals surface area contributed by atoms with E-state index < -0.39 is 0 Å². The van der Waals surface area contributed by atoms with Crippen molar-refractivity contribution in [3.63, 3.8) is 0 Å². The van der Waals surface area contributed by atoms with Gasteiger partial charge in [-0.05, 0) is 49.7 Å². The summed E-state index contributed by atoms with van der Waals surface area (Å²) in [5.41, 5.74) is 1.53. The smallest absolute Gasteiger partial charge is 0.234 e. The van der Waals surface area contributed by atoms with Crippen LogP contribution in [0.3, 0.4) is 0 Å². The summed E-state index contributed by atoms with van der Waals surface area (Å²) >= 11 is 7.24. The van der Waals surface area contributed by atoms with E-state index in [0.29, 0.717) is 28.2 Å². The number of carbonyl (C=O) groups is 2. The Kier molecular flexibility index (Phi) is 8.73. The molecule has 174 valence electrons. The van der Waals surface area contributed by atoms with Gasteiger partial charge in [0.2, 0.25) is 11.8 Å². The van der Waals surface area contributed by atoms with Crippen molar-refractivity contribution in [2.24, 2.45) is 0 Å². The fraction of sp³-hybridized carbons (Fsp3) is 0.304. The van der Waals surface area contributed by atoms with E-state index in [2.05, 4.69) is 20.8 Å². The molecule has 0 radical (unpaired) electrons. The van der Waals surface area contributed by atoms with Crippen LogP contribution in [0.25, 0.3) is 0 Å². The zero-order valence-corrected chi connectivity index (χ0v) is 20.2. The number of thioether (sulfide) groups is 1. The van der Waals surface area contributed by atoms with E-state index in [1.807, 2.05) is 42.7 Å². The molecule has 2 aromatic carbocycles. The topological polar surface area (TPSA) is 98.1 Å². The van der Waals surface area contributed by atoms with Gasteiger partial charge in [0.15, 0.2) is 11.0 Å². The Morgan fingerprint density at radius 2 is 1.91 bits per heavy atom. The van der Waals surface area contributed by atoms with Crippen LogP contribution in [0, 0.1) is 0 Å². The standard InChI is InChI=1S/C23H26ClN5O3S/c1-4-29-22(15(2)25-20(30)12-16-8-10-19(32-3)11-9-16)27-28-23(29)33-14-21(31)26-18-7-5-6-17(24)13-18/h5-11,13,15H,4,12,14H2,1-3H3,(H,25,30)(H,26,31)/t15-/m0/s1. The average molecular weight is 488 g/mol. The Bertz CT molecular complexity index is 1100. The number of carbonyl (C=O) groups excluding carboxylic acids is 2. The van der Waals surface area contributed by atoms with Crippen LogP contribution in [0.15, 0.2) is 53.7 Å². The molecule has 10 heteroatoms. The van der Waals surface area contributed by atoms with Crippen molar-refractivity contribution >= 4 is 40.9 Å². The molecule has 1 aromatic heterocycles. The van der Waals surface area contributed by atoms with Crippen molar-refractivity contribution in [1.29, 1.82) is 0 Å². The predicted octanol–water partition coefficient (Wildman–Crippen LogP) is 4.11. The number of nitrogens with zero attached hydrogens (tertiary/aromatic N) is 3. The average Bonchev–Trinajstić information content (AvgIpc) is 3.21. The van der Waals surface area contributed by atoms with Gasteiger partial charge in [-0.15, -0.1) is 10.2 Å². The van der Waals surface area contributed by atoms with Gasteiger partial charge in [0.1, 0.15) is 5.75 Å². The monoisotopic (exact) mass is 487 g/mol. The third-order valence-electron chi connectivity index (χ3n) is 4.79. The van der Waals surface area contributed by atoms with Gasteiger partial charge in [0.05, 0.1) is 25.3 Å². The first kappa shape index (κ1) is 24.6. The van der Waals surface area contributed by atoms with Crippen molar-refractivity contribution in [2.45, 2.75) is 38.0 Å². The summed E-state index contributed by atoms with van der Waals surface area (Å²) in [6.07, 6.45) is 0.250. The third kappa shape index (κ3) is 6.97. The van der Waals surface area contributed by atoms with E-state index in [1.54, 1.807) is 31.4 Å². The number of halogens is 1. The summed E-state index contributed by atoms with van der Waals surface area (Å²) < 4.78 is 7.04. The maximum Gasteiger partial charge on any atom is 0.234 e. The molecule has 1 heterocycles. The first-order chi connectivity index (χ1) is 15.9. The molecule has 0 bridgehead atoms. The molecule has 0 aliphatic rings. The lowest BCUT2D eigenvalue weighted by Gasteiger charge is -2.15. The number of hydrogen-bond acceptors (Lipinski definition) is 6. The lowest BCUT2D eigenvalue weighted by molar-refractivity contribution is -0.121.